The van der Waals surface area contributed by atoms with Crippen molar-refractivity contribution in [3.63, 3.8) is 0 Å². The van der Waals surface area contributed by atoms with E-state index >= 15 is 0 Å². The summed E-state index contributed by atoms with van der Waals surface area (Å²) >= 11 is 0. The lowest BCUT2D eigenvalue weighted by Gasteiger charge is -2.16. The summed E-state index contributed by atoms with van der Waals surface area (Å²) in [6.45, 7) is 0. The van der Waals surface area contributed by atoms with Crippen LogP contribution in [0.5, 0.6) is 0 Å². The first-order valence-electron chi connectivity index (χ1n) is 17.4. The Balaban J connectivity index is 1.30. The van der Waals surface area contributed by atoms with E-state index in [1.165, 1.54) is 65.0 Å². The lowest BCUT2D eigenvalue weighted by molar-refractivity contribution is 1.02. The van der Waals surface area contributed by atoms with Gasteiger partial charge in [0.05, 0.1) is 22.2 Å². The molecule has 3 heteroatoms. The summed E-state index contributed by atoms with van der Waals surface area (Å²) < 4.78 is 2.31. The molecule has 51 heavy (non-hydrogen) atoms. The van der Waals surface area contributed by atoms with Gasteiger partial charge in [-0.1, -0.05) is 164 Å². The molecule has 0 atom stereocenters. The van der Waals surface area contributed by atoms with Crippen LogP contribution in [0.1, 0.15) is 0 Å². The molecule has 0 N–H and O–H groups in total. The Morgan fingerprint density at radius 2 is 0.804 bits per heavy atom. The van der Waals surface area contributed by atoms with Gasteiger partial charge in [-0.15, -0.1) is 0 Å². The Morgan fingerprint density at radius 1 is 0.314 bits per heavy atom. The molecule has 9 aromatic carbocycles. The number of nitrogens with zero attached hydrogens (tertiary/aromatic N) is 3. The number of benzene rings is 9. The summed E-state index contributed by atoms with van der Waals surface area (Å²) in [5.74, 6) is 0.664. The number of fused-ring (bicyclic) bond motifs is 14. The molecule has 0 bridgehead atoms. The quantitative estimate of drug-likeness (QED) is 0.179. The van der Waals surface area contributed by atoms with Crippen LogP contribution < -0.4 is 0 Å². The number of hydrogen-bond donors (Lipinski definition) is 0. The fraction of sp³-hybridized carbons (Fsp3) is 0. The standard InChI is InChI=1S/C48H29N3/c1-2-14-30(15-3-1)31-26-28-32(29-27-31)46-39-22-10-12-24-41(39)49-48(50-46)51-42-25-13-11-23-40(42)45-44-36-19-7-5-17-34(36)33-16-4-6-18-35(33)43(44)37-20-8-9-21-38(37)47(45)51/h1-29H. The van der Waals surface area contributed by atoms with Crippen molar-refractivity contribution in [3.05, 3.63) is 176 Å². The topological polar surface area (TPSA) is 30.7 Å². The van der Waals surface area contributed by atoms with Gasteiger partial charge in [-0.25, -0.2) is 9.97 Å². The molecular weight excluding hydrogens is 619 g/mol. The zero-order chi connectivity index (χ0) is 33.5. The third kappa shape index (κ3) is 4.06. The van der Waals surface area contributed by atoms with Crippen molar-refractivity contribution < 1.29 is 0 Å². The molecule has 2 aromatic heterocycles. The Labute approximate surface area is 293 Å². The maximum atomic E-state index is 5.47. The number of aromatic nitrogens is 3. The normalized spacial score (nSPS) is 11.9. The van der Waals surface area contributed by atoms with E-state index in [0.717, 1.165) is 33.2 Å². The molecule has 11 rings (SSSR count). The second-order valence-corrected chi connectivity index (χ2v) is 13.3. The van der Waals surface area contributed by atoms with Crippen LogP contribution >= 0.6 is 0 Å². The predicted octanol–water partition coefficient (Wildman–Crippen LogP) is 12.7. The lowest BCUT2D eigenvalue weighted by atomic mass is 9.88. The minimum atomic E-state index is 0.664. The third-order valence-corrected chi connectivity index (χ3v) is 10.6. The summed E-state index contributed by atoms with van der Waals surface area (Å²) in [6.07, 6.45) is 0. The first kappa shape index (κ1) is 28.0. The Hall–Kier alpha value is -6.84. The van der Waals surface area contributed by atoms with Crippen molar-refractivity contribution in [2.45, 2.75) is 0 Å². The van der Waals surface area contributed by atoms with E-state index in [2.05, 4.69) is 180 Å². The number of para-hydroxylation sites is 2. The van der Waals surface area contributed by atoms with E-state index in [1.54, 1.807) is 0 Å². The second kappa shape index (κ2) is 10.8. The SMILES string of the molecule is c1ccc(-c2ccc(-c3nc(-n4c5ccccc5c5c6c7ccccc7c7ccccc7c6c6ccccc6c54)nc4ccccc34)cc2)cc1. The van der Waals surface area contributed by atoms with Crippen molar-refractivity contribution >= 4 is 75.8 Å². The molecule has 0 aliphatic heterocycles. The summed E-state index contributed by atoms with van der Waals surface area (Å²) in [4.78, 5) is 10.8. The minimum absolute atomic E-state index is 0.664. The molecular formula is C48H29N3. The van der Waals surface area contributed by atoms with Gasteiger partial charge in [0.1, 0.15) is 0 Å². The van der Waals surface area contributed by atoms with Crippen molar-refractivity contribution in [2.24, 2.45) is 0 Å². The predicted molar refractivity (Wildman–Crippen MR) is 215 cm³/mol. The van der Waals surface area contributed by atoms with Gasteiger partial charge in [0.25, 0.3) is 0 Å². The summed E-state index contributed by atoms with van der Waals surface area (Å²) in [7, 11) is 0. The van der Waals surface area contributed by atoms with Crippen LogP contribution in [0, 0.1) is 0 Å². The van der Waals surface area contributed by atoms with Gasteiger partial charge in [0, 0.05) is 32.5 Å². The highest BCUT2D eigenvalue weighted by atomic mass is 15.2. The van der Waals surface area contributed by atoms with Crippen LogP contribution in [-0.4, -0.2) is 14.5 Å². The maximum Gasteiger partial charge on any atom is 0.235 e. The van der Waals surface area contributed by atoms with Crippen LogP contribution in [0.25, 0.3) is 104 Å². The molecule has 3 nitrogen and oxygen atoms in total. The Bertz CT molecular complexity index is 3170. The highest BCUT2D eigenvalue weighted by Gasteiger charge is 2.23. The van der Waals surface area contributed by atoms with Gasteiger partial charge in [0.15, 0.2) is 0 Å². The zero-order valence-corrected chi connectivity index (χ0v) is 27.6. The molecule has 2 heterocycles. The fourth-order valence-electron chi connectivity index (χ4n) is 8.38. The highest BCUT2D eigenvalue weighted by Crippen LogP contribution is 2.47. The molecule has 0 radical (unpaired) electrons. The number of rotatable bonds is 3. The molecule has 0 aliphatic carbocycles. The lowest BCUT2D eigenvalue weighted by Crippen LogP contribution is -2.04. The molecule has 0 spiro atoms. The van der Waals surface area contributed by atoms with E-state index < -0.39 is 0 Å². The summed E-state index contributed by atoms with van der Waals surface area (Å²) in [6, 6.07) is 63.0. The van der Waals surface area contributed by atoms with E-state index in [-0.39, 0.29) is 0 Å². The van der Waals surface area contributed by atoms with Crippen LogP contribution in [0.3, 0.4) is 0 Å². The Kier molecular flexibility index (Phi) is 5.96. The van der Waals surface area contributed by atoms with Crippen molar-refractivity contribution in [1.82, 2.24) is 14.5 Å². The summed E-state index contributed by atoms with van der Waals surface area (Å²) in [5, 5.41) is 13.5. The van der Waals surface area contributed by atoms with Crippen LogP contribution in [0.4, 0.5) is 0 Å². The van der Waals surface area contributed by atoms with E-state index in [1.807, 2.05) is 0 Å². The smallest absolute Gasteiger partial charge is 0.235 e. The molecule has 0 unspecified atom stereocenters. The molecule has 11 aromatic rings. The highest BCUT2D eigenvalue weighted by molar-refractivity contribution is 6.42. The van der Waals surface area contributed by atoms with Gasteiger partial charge in [0.2, 0.25) is 5.95 Å². The molecule has 0 saturated heterocycles. The first-order valence-corrected chi connectivity index (χ1v) is 17.4. The second-order valence-electron chi connectivity index (χ2n) is 13.3. The van der Waals surface area contributed by atoms with Gasteiger partial charge >= 0.3 is 0 Å². The maximum absolute atomic E-state index is 5.47. The third-order valence-electron chi connectivity index (χ3n) is 10.6. The van der Waals surface area contributed by atoms with Crippen molar-refractivity contribution in [3.8, 4) is 28.3 Å². The Morgan fingerprint density at radius 3 is 1.51 bits per heavy atom. The molecule has 0 fully saturated rings. The monoisotopic (exact) mass is 647 g/mol. The van der Waals surface area contributed by atoms with Crippen molar-refractivity contribution in [2.75, 3.05) is 0 Å². The van der Waals surface area contributed by atoms with Crippen LogP contribution in [-0.2, 0) is 0 Å². The fourth-order valence-corrected chi connectivity index (χ4v) is 8.38. The van der Waals surface area contributed by atoms with E-state index in [4.69, 9.17) is 9.97 Å². The molecule has 0 aliphatic rings. The zero-order valence-electron chi connectivity index (χ0n) is 27.6. The van der Waals surface area contributed by atoms with E-state index in [9.17, 15) is 0 Å². The van der Waals surface area contributed by atoms with Gasteiger partial charge in [-0.2, -0.15) is 0 Å². The van der Waals surface area contributed by atoms with Crippen molar-refractivity contribution in [1.29, 1.82) is 0 Å². The average Bonchev–Trinajstić information content (AvgIpc) is 3.56. The largest absolute Gasteiger partial charge is 0.277 e. The van der Waals surface area contributed by atoms with Gasteiger partial charge in [-0.3, -0.25) is 4.57 Å². The average molecular weight is 648 g/mol. The molecule has 236 valence electrons. The first-order chi connectivity index (χ1) is 25.3. The minimum Gasteiger partial charge on any atom is -0.277 e. The van der Waals surface area contributed by atoms with Gasteiger partial charge in [-0.05, 0) is 55.6 Å². The van der Waals surface area contributed by atoms with E-state index in [0.29, 0.717) is 5.95 Å². The number of hydrogen-bond acceptors (Lipinski definition) is 2. The summed E-state index contributed by atoms with van der Waals surface area (Å²) in [5.41, 5.74) is 7.48. The molecule has 0 saturated carbocycles. The van der Waals surface area contributed by atoms with Crippen LogP contribution in [0.15, 0.2) is 176 Å². The molecule has 0 amide bonds. The van der Waals surface area contributed by atoms with Gasteiger partial charge < -0.3 is 0 Å². The van der Waals surface area contributed by atoms with Crippen LogP contribution in [0.2, 0.25) is 0 Å².